The van der Waals surface area contributed by atoms with Gasteiger partial charge in [0.25, 0.3) is 0 Å². The summed E-state index contributed by atoms with van der Waals surface area (Å²) in [6.07, 6.45) is 2.39. The molecule has 7 nitrogen and oxygen atoms in total. The number of sulfone groups is 1. The van der Waals surface area contributed by atoms with E-state index in [1.54, 1.807) is 7.05 Å². The molecule has 1 N–H and O–H groups in total. The van der Waals surface area contributed by atoms with Crippen LogP contribution in [0, 0.1) is 13.8 Å². The number of piperazine rings is 1. The van der Waals surface area contributed by atoms with Crippen molar-refractivity contribution in [1.29, 1.82) is 0 Å². The average molecular weight is 551 g/mol. The minimum atomic E-state index is -3.20. The minimum absolute atomic E-state index is 0. The van der Waals surface area contributed by atoms with E-state index in [1.165, 1.54) is 23.1 Å². The molecule has 0 radical (unpaired) electrons. The molecular formula is C21H35IN4O3S. The summed E-state index contributed by atoms with van der Waals surface area (Å²) in [6, 6.07) is 6.45. The van der Waals surface area contributed by atoms with Crippen LogP contribution >= 0.6 is 24.0 Å². The van der Waals surface area contributed by atoms with E-state index in [0.717, 1.165) is 32.1 Å². The molecule has 1 aromatic carbocycles. The number of benzene rings is 1. The summed E-state index contributed by atoms with van der Waals surface area (Å²) in [4.78, 5) is 9.06. The van der Waals surface area contributed by atoms with Gasteiger partial charge in [-0.15, -0.1) is 24.0 Å². The lowest BCUT2D eigenvalue weighted by molar-refractivity contribution is 0.0754. The third-order valence-electron chi connectivity index (χ3n) is 6.47. The van der Waals surface area contributed by atoms with Gasteiger partial charge in [0, 0.05) is 64.9 Å². The lowest BCUT2D eigenvalue weighted by Gasteiger charge is -2.40. The second-order valence-electron chi connectivity index (χ2n) is 8.16. The maximum absolute atomic E-state index is 12.5. The summed E-state index contributed by atoms with van der Waals surface area (Å²) in [5, 5.41) is 3.35. The SMILES string of the molecule is CN=C(NCC1(S(C)(=O)=O)CCOCC1)N1CCN(c2cccc(C)c2C)CC1.I. The highest BCUT2D eigenvalue weighted by molar-refractivity contribution is 14.0. The van der Waals surface area contributed by atoms with E-state index in [1.807, 2.05) is 0 Å². The third kappa shape index (κ3) is 5.40. The molecule has 0 aromatic heterocycles. The van der Waals surface area contributed by atoms with E-state index in [2.05, 4.69) is 52.2 Å². The Balaban J connectivity index is 0.00000320. The third-order valence-corrected chi connectivity index (χ3v) is 8.59. The Bertz CT molecular complexity index is 846. The smallest absolute Gasteiger partial charge is 0.193 e. The van der Waals surface area contributed by atoms with Gasteiger partial charge in [-0.3, -0.25) is 4.99 Å². The summed E-state index contributed by atoms with van der Waals surface area (Å²) in [5.41, 5.74) is 3.94. The first-order chi connectivity index (χ1) is 13.8. The van der Waals surface area contributed by atoms with E-state index in [-0.39, 0.29) is 24.0 Å². The Morgan fingerprint density at radius 3 is 2.37 bits per heavy atom. The summed E-state index contributed by atoms with van der Waals surface area (Å²) >= 11 is 0. The minimum Gasteiger partial charge on any atom is -0.381 e. The van der Waals surface area contributed by atoms with Gasteiger partial charge in [-0.1, -0.05) is 12.1 Å². The predicted molar refractivity (Wildman–Crippen MR) is 134 cm³/mol. The molecule has 2 saturated heterocycles. The first-order valence-corrected chi connectivity index (χ1v) is 12.2. The molecule has 2 aliphatic heterocycles. The van der Waals surface area contributed by atoms with E-state index in [9.17, 15) is 8.42 Å². The zero-order valence-electron chi connectivity index (χ0n) is 18.5. The maximum Gasteiger partial charge on any atom is 0.193 e. The molecule has 0 aliphatic carbocycles. The highest BCUT2D eigenvalue weighted by Gasteiger charge is 2.42. The van der Waals surface area contributed by atoms with Crippen molar-refractivity contribution >= 4 is 45.5 Å². The van der Waals surface area contributed by atoms with Crippen LogP contribution in [0.4, 0.5) is 5.69 Å². The molecule has 0 bridgehead atoms. The number of hydrogen-bond donors (Lipinski definition) is 1. The zero-order valence-corrected chi connectivity index (χ0v) is 21.6. The molecule has 9 heteroatoms. The lowest BCUT2D eigenvalue weighted by Crippen LogP contribution is -2.57. The first-order valence-electron chi connectivity index (χ1n) is 10.3. The van der Waals surface area contributed by atoms with E-state index < -0.39 is 14.6 Å². The quantitative estimate of drug-likeness (QED) is 0.352. The topological polar surface area (TPSA) is 74.2 Å². The molecule has 170 valence electrons. The first kappa shape index (κ1) is 25.2. The number of guanidine groups is 1. The van der Waals surface area contributed by atoms with Crippen LogP contribution < -0.4 is 10.2 Å². The van der Waals surface area contributed by atoms with Crippen molar-refractivity contribution in [3.05, 3.63) is 29.3 Å². The molecule has 0 saturated carbocycles. The predicted octanol–water partition coefficient (Wildman–Crippen LogP) is 2.21. The summed E-state index contributed by atoms with van der Waals surface area (Å²) < 4.78 is 29.6. The van der Waals surface area contributed by atoms with Gasteiger partial charge < -0.3 is 19.9 Å². The van der Waals surface area contributed by atoms with Gasteiger partial charge >= 0.3 is 0 Å². The number of nitrogens with zero attached hydrogens (tertiary/aromatic N) is 3. The molecule has 0 atom stereocenters. The van der Waals surface area contributed by atoms with Crippen molar-refractivity contribution in [2.24, 2.45) is 4.99 Å². The molecule has 30 heavy (non-hydrogen) atoms. The number of aryl methyl sites for hydroxylation is 1. The largest absolute Gasteiger partial charge is 0.381 e. The van der Waals surface area contributed by atoms with Crippen LogP contribution in [-0.4, -0.2) is 83.3 Å². The summed E-state index contributed by atoms with van der Waals surface area (Å²) in [6.45, 7) is 9.20. The van der Waals surface area contributed by atoms with Crippen LogP contribution in [0.3, 0.4) is 0 Å². The maximum atomic E-state index is 12.5. The van der Waals surface area contributed by atoms with E-state index >= 15 is 0 Å². The highest BCUT2D eigenvalue weighted by Crippen LogP contribution is 2.29. The fourth-order valence-corrected chi connectivity index (χ4v) is 5.47. The second kappa shape index (κ2) is 10.5. The van der Waals surface area contributed by atoms with Crippen molar-refractivity contribution in [3.8, 4) is 0 Å². The molecule has 2 fully saturated rings. The van der Waals surface area contributed by atoms with Gasteiger partial charge in [0.2, 0.25) is 0 Å². The Hall–Kier alpha value is -1.07. The fourth-order valence-electron chi connectivity index (χ4n) is 4.23. The Morgan fingerprint density at radius 2 is 1.80 bits per heavy atom. The van der Waals surface area contributed by atoms with Crippen LogP contribution in [-0.2, 0) is 14.6 Å². The summed E-state index contributed by atoms with van der Waals surface area (Å²) in [5.74, 6) is 0.778. The molecule has 2 heterocycles. The van der Waals surface area contributed by atoms with Gasteiger partial charge in [0.15, 0.2) is 15.8 Å². The summed E-state index contributed by atoms with van der Waals surface area (Å²) in [7, 11) is -1.44. The van der Waals surface area contributed by atoms with E-state index in [4.69, 9.17) is 4.74 Å². The lowest BCUT2D eigenvalue weighted by atomic mass is 9.99. The fraction of sp³-hybridized carbons (Fsp3) is 0.667. The van der Waals surface area contributed by atoms with Gasteiger partial charge in [-0.05, 0) is 43.9 Å². The molecule has 1 aromatic rings. The molecule has 0 spiro atoms. The standard InChI is InChI=1S/C21H34N4O3S.HI/c1-17-6-5-7-19(18(17)2)24-10-12-25(13-11-24)20(22-3)23-16-21(29(4,26)27)8-14-28-15-9-21;/h5-7H,8-16H2,1-4H3,(H,22,23);1H. The zero-order chi connectivity index (χ0) is 21.1. The number of anilines is 1. The van der Waals surface area contributed by atoms with Crippen LogP contribution in [0.2, 0.25) is 0 Å². The number of aliphatic imine (C=N–C) groups is 1. The normalized spacial score (nSPS) is 19.9. The number of hydrogen-bond acceptors (Lipinski definition) is 5. The van der Waals surface area contributed by atoms with Gasteiger partial charge in [-0.2, -0.15) is 0 Å². The van der Waals surface area contributed by atoms with Crippen LogP contribution in [0.5, 0.6) is 0 Å². The van der Waals surface area contributed by atoms with Crippen molar-refractivity contribution in [3.63, 3.8) is 0 Å². The number of nitrogens with one attached hydrogen (secondary N) is 1. The number of ether oxygens (including phenoxy) is 1. The van der Waals surface area contributed by atoms with Crippen molar-refractivity contribution in [1.82, 2.24) is 10.2 Å². The molecule has 3 rings (SSSR count). The van der Waals surface area contributed by atoms with Crippen molar-refractivity contribution in [2.75, 3.05) is 64.1 Å². The Labute approximate surface area is 198 Å². The Kier molecular flexibility index (Phi) is 8.81. The van der Waals surface area contributed by atoms with Gasteiger partial charge in [-0.25, -0.2) is 8.42 Å². The van der Waals surface area contributed by atoms with Crippen molar-refractivity contribution in [2.45, 2.75) is 31.4 Å². The number of halogens is 1. The molecular weight excluding hydrogens is 515 g/mol. The molecule has 0 amide bonds. The average Bonchev–Trinajstić information content (AvgIpc) is 2.71. The highest BCUT2D eigenvalue weighted by atomic mass is 127. The second-order valence-corrected chi connectivity index (χ2v) is 10.6. The van der Waals surface area contributed by atoms with Crippen molar-refractivity contribution < 1.29 is 13.2 Å². The van der Waals surface area contributed by atoms with Gasteiger partial charge in [0.1, 0.15) is 0 Å². The van der Waals surface area contributed by atoms with Gasteiger partial charge in [0.05, 0.1) is 4.75 Å². The van der Waals surface area contributed by atoms with E-state index in [0.29, 0.717) is 32.6 Å². The van der Waals surface area contributed by atoms with Crippen LogP contribution in [0.25, 0.3) is 0 Å². The molecule has 2 aliphatic rings. The van der Waals surface area contributed by atoms with Crippen LogP contribution in [0.1, 0.15) is 24.0 Å². The molecule has 0 unspecified atom stereocenters. The number of rotatable bonds is 4. The monoisotopic (exact) mass is 550 g/mol. The Morgan fingerprint density at radius 1 is 1.17 bits per heavy atom. The van der Waals surface area contributed by atoms with Crippen LogP contribution in [0.15, 0.2) is 23.2 Å².